The Morgan fingerprint density at radius 3 is 2.42 bits per heavy atom. The van der Waals surface area contributed by atoms with Gasteiger partial charge in [-0.05, 0) is 42.5 Å². The smallest absolute Gasteiger partial charge is 0.457 e. The lowest BCUT2D eigenvalue weighted by molar-refractivity contribution is -0.0213. The summed E-state index contributed by atoms with van der Waals surface area (Å²) in [5.41, 5.74) is 7.99. The van der Waals surface area contributed by atoms with E-state index in [-0.39, 0.29) is 12.0 Å². The topological polar surface area (TPSA) is 86.7 Å². The van der Waals surface area contributed by atoms with Crippen LogP contribution in [0.2, 0.25) is 0 Å². The third-order valence-corrected chi connectivity index (χ3v) is 3.93. The molecule has 134 valence electrons. The van der Waals surface area contributed by atoms with Gasteiger partial charge < -0.3 is 24.4 Å². The van der Waals surface area contributed by atoms with Crippen LogP contribution in [0, 0.1) is 16.7 Å². The summed E-state index contributed by atoms with van der Waals surface area (Å²) in [7, 11) is -0.689. The molecule has 7 heteroatoms. The summed E-state index contributed by atoms with van der Waals surface area (Å²) >= 11 is 0. The van der Waals surface area contributed by atoms with Gasteiger partial charge in [-0.3, -0.25) is 0 Å². The lowest BCUT2D eigenvalue weighted by atomic mass is 9.93. The van der Waals surface area contributed by atoms with E-state index >= 15 is 0 Å². The maximum absolute atomic E-state index is 8.84. The van der Waals surface area contributed by atoms with Crippen LogP contribution in [-0.2, 0) is 20.6 Å². The van der Waals surface area contributed by atoms with Crippen molar-refractivity contribution in [1.82, 2.24) is 0 Å². The largest absolute Gasteiger partial charge is 0.639 e. The average molecular weight is 352 g/mol. The highest BCUT2D eigenvalue weighted by atomic mass is 16.7. The van der Waals surface area contributed by atoms with Crippen molar-refractivity contribution in [2.24, 2.45) is 5.41 Å². The Morgan fingerprint density at radius 2 is 1.77 bits per heavy atom. The molecule has 1 heterocycles. The van der Waals surface area contributed by atoms with Crippen molar-refractivity contribution in [3.8, 4) is 17.6 Å². The van der Waals surface area contributed by atoms with Gasteiger partial charge in [-0.1, -0.05) is 13.8 Å². The molecular formula is C19H21BN2O4. The van der Waals surface area contributed by atoms with Crippen molar-refractivity contribution in [2.75, 3.05) is 18.9 Å². The van der Waals surface area contributed by atoms with Crippen LogP contribution in [0.3, 0.4) is 0 Å². The molecule has 1 aliphatic heterocycles. The van der Waals surface area contributed by atoms with Crippen LogP contribution >= 0.6 is 0 Å². The summed E-state index contributed by atoms with van der Waals surface area (Å²) in [5.74, 6) is 1.27. The molecule has 0 aliphatic carbocycles. The first-order valence-electron chi connectivity index (χ1n) is 8.36. The SMILES string of the molecule is CC1(C)COB(OCc2cc(Oc3ccc(C#N)cc3)ccc2N)OC1. The predicted molar refractivity (Wildman–Crippen MR) is 98.3 cm³/mol. The molecule has 0 aromatic heterocycles. The van der Waals surface area contributed by atoms with E-state index in [0.717, 1.165) is 5.56 Å². The molecule has 0 radical (unpaired) electrons. The number of nitriles is 1. The fraction of sp³-hybridized carbons (Fsp3) is 0.316. The van der Waals surface area contributed by atoms with E-state index in [2.05, 4.69) is 19.9 Å². The number of hydrogen-bond donors (Lipinski definition) is 1. The van der Waals surface area contributed by atoms with Crippen molar-refractivity contribution < 1.29 is 18.7 Å². The number of nitrogen functional groups attached to an aromatic ring is 1. The number of rotatable bonds is 5. The maximum atomic E-state index is 8.84. The van der Waals surface area contributed by atoms with Gasteiger partial charge in [0.25, 0.3) is 0 Å². The van der Waals surface area contributed by atoms with Gasteiger partial charge >= 0.3 is 7.32 Å². The zero-order valence-corrected chi connectivity index (χ0v) is 14.9. The molecule has 0 amide bonds. The molecule has 1 saturated heterocycles. The Labute approximate surface area is 153 Å². The summed E-state index contributed by atoms with van der Waals surface area (Å²) in [5, 5.41) is 8.84. The first-order chi connectivity index (χ1) is 12.4. The van der Waals surface area contributed by atoms with Crippen LogP contribution in [-0.4, -0.2) is 20.5 Å². The molecule has 3 rings (SSSR count). The molecule has 26 heavy (non-hydrogen) atoms. The van der Waals surface area contributed by atoms with Crippen LogP contribution in [0.25, 0.3) is 0 Å². The molecule has 1 fully saturated rings. The fourth-order valence-electron chi connectivity index (χ4n) is 2.44. The van der Waals surface area contributed by atoms with Gasteiger partial charge in [0, 0.05) is 29.9 Å². The second-order valence-corrected chi connectivity index (χ2v) is 6.98. The van der Waals surface area contributed by atoms with Crippen LogP contribution in [0.15, 0.2) is 42.5 Å². The number of nitrogens with two attached hydrogens (primary N) is 1. The number of anilines is 1. The van der Waals surface area contributed by atoms with E-state index in [1.807, 2.05) is 6.07 Å². The van der Waals surface area contributed by atoms with Crippen LogP contribution in [0.1, 0.15) is 25.0 Å². The Kier molecular flexibility index (Phi) is 5.47. The first-order valence-corrected chi connectivity index (χ1v) is 8.36. The summed E-state index contributed by atoms with van der Waals surface area (Å²) in [6.07, 6.45) is 0. The molecule has 1 aliphatic rings. The van der Waals surface area contributed by atoms with E-state index in [1.165, 1.54) is 0 Å². The van der Waals surface area contributed by atoms with Gasteiger partial charge in [-0.15, -0.1) is 0 Å². The third-order valence-electron chi connectivity index (χ3n) is 3.93. The van der Waals surface area contributed by atoms with E-state index in [0.29, 0.717) is 36.0 Å². The lowest BCUT2D eigenvalue weighted by Gasteiger charge is -2.32. The van der Waals surface area contributed by atoms with Crippen LogP contribution in [0.5, 0.6) is 11.5 Å². The van der Waals surface area contributed by atoms with Gasteiger partial charge in [0.15, 0.2) is 0 Å². The van der Waals surface area contributed by atoms with Gasteiger partial charge in [-0.2, -0.15) is 5.26 Å². The monoisotopic (exact) mass is 352 g/mol. The summed E-state index contributed by atoms with van der Waals surface area (Å²) in [4.78, 5) is 0. The molecular weight excluding hydrogens is 331 g/mol. The highest BCUT2D eigenvalue weighted by molar-refractivity contribution is 6.36. The molecule has 0 bridgehead atoms. The van der Waals surface area contributed by atoms with E-state index in [4.69, 9.17) is 29.7 Å². The third kappa shape index (κ3) is 4.76. The van der Waals surface area contributed by atoms with Crippen molar-refractivity contribution in [3.05, 3.63) is 53.6 Å². The minimum absolute atomic E-state index is 0.00621. The van der Waals surface area contributed by atoms with Crippen molar-refractivity contribution in [1.29, 1.82) is 5.26 Å². The number of nitrogens with zero attached hydrogens (tertiary/aromatic N) is 1. The molecule has 6 nitrogen and oxygen atoms in total. The van der Waals surface area contributed by atoms with Crippen molar-refractivity contribution in [2.45, 2.75) is 20.5 Å². The van der Waals surface area contributed by atoms with E-state index < -0.39 is 7.32 Å². The van der Waals surface area contributed by atoms with Gasteiger partial charge in [0.05, 0.1) is 18.2 Å². The summed E-state index contributed by atoms with van der Waals surface area (Å²) in [6, 6.07) is 14.3. The standard InChI is InChI=1S/C19H21BN2O4/c1-19(2)12-24-20(25-13-19)23-11-15-9-17(7-8-18(15)22)26-16-5-3-14(10-21)4-6-16/h3-9H,11-13,22H2,1-2H3. The second-order valence-electron chi connectivity index (χ2n) is 6.98. The highest BCUT2D eigenvalue weighted by Crippen LogP contribution is 2.27. The molecule has 2 aromatic rings. The minimum atomic E-state index is -0.689. The van der Waals surface area contributed by atoms with Crippen molar-refractivity contribution in [3.63, 3.8) is 0 Å². The van der Waals surface area contributed by atoms with Crippen molar-refractivity contribution >= 4 is 13.0 Å². The first kappa shape index (κ1) is 18.3. The second kappa shape index (κ2) is 7.79. The Morgan fingerprint density at radius 1 is 1.12 bits per heavy atom. The van der Waals surface area contributed by atoms with E-state index in [9.17, 15) is 0 Å². The van der Waals surface area contributed by atoms with Crippen LogP contribution in [0.4, 0.5) is 5.69 Å². The summed E-state index contributed by atoms with van der Waals surface area (Å²) in [6.45, 7) is 5.56. The van der Waals surface area contributed by atoms with E-state index in [1.54, 1.807) is 36.4 Å². The quantitative estimate of drug-likeness (QED) is 0.655. The molecule has 0 unspecified atom stereocenters. The normalized spacial score (nSPS) is 16.1. The van der Waals surface area contributed by atoms with Gasteiger partial charge in [0.1, 0.15) is 11.5 Å². The molecule has 2 N–H and O–H groups in total. The predicted octanol–water partition coefficient (Wildman–Crippen LogP) is 3.51. The molecule has 2 aromatic carbocycles. The number of ether oxygens (including phenoxy) is 1. The Hall–Kier alpha value is -2.53. The highest BCUT2D eigenvalue weighted by Gasteiger charge is 2.34. The minimum Gasteiger partial charge on any atom is -0.457 e. The fourth-order valence-corrected chi connectivity index (χ4v) is 2.44. The zero-order valence-electron chi connectivity index (χ0n) is 14.9. The molecule has 0 spiro atoms. The van der Waals surface area contributed by atoms with Crippen LogP contribution < -0.4 is 10.5 Å². The number of benzene rings is 2. The zero-order chi connectivity index (χ0) is 18.6. The number of hydrogen-bond acceptors (Lipinski definition) is 6. The van der Waals surface area contributed by atoms with Gasteiger partial charge in [-0.25, -0.2) is 0 Å². The Balaban J connectivity index is 1.61. The average Bonchev–Trinajstić information content (AvgIpc) is 2.64. The lowest BCUT2D eigenvalue weighted by Crippen LogP contribution is -2.42. The molecule has 0 atom stereocenters. The maximum Gasteiger partial charge on any atom is 0.639 e. The Bertz CT molecular complexity index is 792. The molecule has 0 saturated carbocycles. The summed E-state index contributed by atoms with van der Waals surface area (Å²) < 4.78 is 22.6. The van der Waals surface area contributed by atoms with Gasteiger partial charge in [0.2, 0.25) is 0 Å².